The van der Waals surface area contributed by atoms with Crippen LogP contribution >= 0.6 is 0 Å². The first kappa shape index (κ1) is 7.78. The number of rotatable bonds is 0. The van der Waals surface area contributed by atoms with Crippen molar-refractivity contribution in [3.8, 4) is 0 Å². The van der Waals surface area contributed by atoms with Gasteiger partial charge in [0.2, 0.25) is 0 Å². The lowest BCUT2D eigenvalue weighted by Gasteiger charge is -2.24. The number of allylic oxidation sites excluding steroid dienone is 3. The zero-order valence-electron chi connectivity index (χ0n) is 7.63. The van der Waals surface area contributed by atoms with Gasteiger partial charge in [0.05, 0.1) is 0 Å². The molecule has 2 aliphatic carbocycles. The molecule has 0 aromatic carbocycles. The van der Waals surface area contributed by atoms with Crippen LogP contribution in [0.1, 0.15) is 20.3 Å². The van der Waals surface area contributed by atoms with Crippen LogP contribution in [0.2, 0.25) is 0 Å². The molecule has 2 aliphatic rings. The number of hydrogen-bond donors (Lipinski definition) is 0. The Morgan fingerprint density at radius 1 is 1.58 bits per heavy atom. The lowest BCUT2D eigenvalue weighted by molar-refractivity contribution is -0.117. The summed E-state index contributed by atoms with van der Waals surface area (Å²) in [5.41, 5.74) is 0.816. The van der Waals surface area contributed by atoms with Crippen molar-refractivity contribution >= 4 is 5.78 Å². The van der Waals surface area contributed by atoms with Crippen LogP contribution in [0.15, 0.2) is 24.3 Å². The lowest BCUT2D eigenvalue weighted by atomic mass is 9.79. The van der Waals surface area contributed by atoms with Gasteiger partial charge in [-0.15, -0.1) is 0 Å². The van der Waals surface area contributed by atoms with Crippen LogP contribution in [0, 0.1) is 17.3 Å². The molecular weight excluding hydrogens is 148 g/mol. The summed E-state index contributed by atoms with van der Waals surface area (Å²) in [5.74, 6) is 0.917. The number of ketones is 1. The van der Waals surface area contributed by atoms with Gasteiger partial charge in [0, 0.05) is 5.92 Å². The predicted octanol–water partition coefficient (Wildman–Crippen LogP) is 2.34. The van der Waals surface area contributed by atoms with Gasteiger partial charge in [0.1, 0.15) is 0 Å². The molecule has 0 unspecified atom stereocenters. The molecule has 0 heterocycles. The highest BCUT2D eigenvalue weighted by molar-refractivity contribution is 6.01. The number of Topliss-reactive ketones (excluding diaryl/α,β-unsaturated/α-hetero) is 1. The quantitative estimate of drug-likeness (QED) is 0.394. The fraction of sp³-hybridized carbons (Fsp3) is 0.545. The van der Waals surface area contributed by atoms with Crippen molar-refractivity contribution in [3.05, 3.63) is 24.3 Å². The second kappa shape index (κ2) is 2.09. The lowest BCUT2D eigenvalue weighted by Crippen LogP contribution is -2.18. The van der Waals surface area contributed by atoms with Gasteiger partial charge in [-0.1, -0.05) is 32.6 Å². The number of carbonyl (C=O) groups excluding carboxylic acids is 1. The van der Waals surface area contributed by atoms with Gasteiger partial charge in [-0.25, -0.2) is 0 Å². The first-order valence-corrected chi connectivity index (χ1v) is 4.45. The van der Waals surface area contributed by atoms with E-state index < -0.39 is 0 Å². The molecule has 0 saturated heterocycles. The SMILES string of the molecule is C=C1C(=O)[C@H]2CC=C[C@H]2C1(C)C. The average Bonchev–Trinajstić information content (AvgIpc) is 2.54. The topological polar surface area (TPSA) is 17.1 Å². The van der Waals surface area contributed by atoms with Crippen molar-refractivity contribution < 1.29 is 4.79 Å². The summed E-state index contributed by atoms with van der Waals surface area (Å²) in [4.78, 5) is 11.7. The molecule has 0 spiro atoms. The maximum Gasteiger partial charge on any atom is 0.162 e. The van der Waals surface area contributed by atoms with E-state index >= 15 is 0 Å². The molecular formula is C11H14O. The van der Waals surface area contributed by atoms with Crippen molar-refractivity contribution in [2.24, 2.45) is 17.3 Å². The third-order valence-electron chi connectivity index (χ3n) is 3.41. The molecule has 0 N–H and O–H groups in total. The zero-order chi connectivity index (χ0) is 8.93. The summed E-state index contributed by atoms with van der Waals surface area (Å²) >= 11 is 0. The van der Waals surface area contributed by atoms with Crippen molar-refractivity contribution in [1.82, 2.24) is 0 Å². The molecule has 64 valence electrons. The van der Waals surface area contributed by atoms with E-state index in [2.05, 4.69) is 32.6 Å². The molecule has 1 heteroatoms. The highest BCUT2D eigenvalue weighted by Crippen LogP contribution is 2.51. The van der Waals surface area contributed by atoms with Crippen LogP contribution in [0.3, 0.4) is 0 Å². The van der Waals surface area contributed by atoms with Crippen LogP contribution in [-0.2, 0) is 4.79 Å². The monoisotopic (exact) mass is 162 g/mol. The van der Waals surface area contributed by atoms with Crippen molar-refractivity contribution in [1.29, 1.82) is 0 Å². The minimum atomic E-state index is -0.00521. The molecule has 0 radical (unpaired) electrons. The van der Waals surface area contributed by atoms with Gasteiger partial charge in [0.15, 0.2) is 5.78 Å². The fourth-order valence-electron chi connectivity index (χ4n) is 2.41. The van der Waals surface area contributed by atoms with Gasteiger partial charge in [0.25, 0.3) is 0 Å². The molecule has 1 saturated carbocycles. The number of hydrogen-bond acceptors (Lipinski definition) is 1. The van der Waals surface area contributed by atoms with Gasteiger partial charge in [-0.2, -0.15) is 0 Å². The van der Waals surface area contributed by atoms with Crippen LogP contribution < -0.4 is 0 Å². The Morgan fingerprint density at radius 3 is 2.83 bits per heavy atom. The normalized spacial score (nSPS) is 37.5. The Hall–Kier alpha value is -0.850. The Bertz CT molecular complexity index is 283. The van der Waals surface area contributed by atoms with Gasteiger partial charge < -0.3 is 0 Å². The maximum atomic E-state index is 11.7. The maximum absolute atomic E-state index is 11.7. The first-order chi connectivity index (χ1) is 5.55. The smallest absolute Gasteiger partial charge is 0.162 e. The van der Waals surface area contributed by atoms with E-state index in [4.69, 9.17) is 0 Å². The number of fused-ring (bicyclic) bond motifs is 1. The summed E-state index contributed by atoms with van der Waals surface area (Å²) in [6.07, 6.45) is 5.23. The molecule has 1 fully saturated rings. The number of carbonyl (C=O) groups is 1. The van der Waals surface area contributed by atoms with Gasteiger partial charge in [-0.05, 0) is 23.3 Å². The van der Waals surface area contributed by atoms with E-state index in [1.54, 1.807) is 0 Å². The molecule has 0 bridgehead atoms. The van der Waals surface area contributed by atoms with E-state index in [-0.39, 0.29) is 17.1 Å². The second-order valence-electron chi connectivity index (χ2n) is 4.36. The molecule has 0 aromatic heterocycles. The van der Waals surface area contributed by atoms with E-state index in [1.165, 1.54) is 0 Å². The minimum absolute atomic E-state index is 0.00521. The second-order valence-corrected chi connectivity index (χ2v) is 4.36. The molecule has 2 atom stereocenters. The van der Waals surface area contributed by atoms with Gasteiger partial charge >= 0.3 is 0 Å². The Morgan fingerprint density at radius 2 is 2.25 bits per heavy atom. The average molecular weight is 162 g/mol. The highest BCUT2D eigenvalue weighted by Gasteiger charge is 2.50. The summed E-state index contributed by atoms with van der Waals surface area (Å²) in [6.45, 7) is 8.12. The van der Waals surface area contributed by atoms with Crippen LogP contribution in [0.4, 0.5) is 0 Å². The summed E-state index contributed by atoms with van der Waals surface area (Å²) in [5, 5.41) is 0. The Balaban J connectivity index is 2.46. The molecule has 1 nitrogen and oxygen atoms in total. The largest absolute Gasteiger partial charge is 0.294 e. The van der Waals surface area contributed by atoms with E-state index in [9.17, 15) is 4.79 Å². The zero-order valence-corrected chi connectivity index (χ0v) is 7.63. The van der Waals surface area contributed by atoms with Crippen molar-refractivity contribution in [2.45, 2.75) is 20.3 Å². The summed E-state index contributed by atoms with van der Waals surface area (Å²) < 4.78 is 0. The van der Waals surface area contributed by atoms with E-state index in [0.717, 1.165) is 12.0 Å². The Labute approximate surface area is 73.2 Å². The van der Waals surface area contributed by atoms with Crippen LogP contribution in [0.5, 0.6) is 0 Å². The van der Waals surface area contributed by atoms with Crippen molar-refractivity contribution in [3.63, 3.8) is 0 Å². The Kier molecular flexibility index (Phi) is 1.36. The molecule has 12 heavy (non-hydrogen) atoms. The minimum Gasteiger partial charge on any atom is -0.294 e. The van der Waals surface area contributed by atoms with Crippen LogP contribution in [0.25, 0.3) is 0 Å². The summed E-state index contributed by atoms with van der Waals surface area (Å²) in [7, 11) is 0. The van der Waals surface area contributed by atoms with Gasteiger partial charge in [-0.3, -0.25) is 4.79 Å². The van der Waals surface area contributed by atoms with Crippen LogP contribution in [-0.4, -0.2) is 5.78 Å². The molecule has 0 aromatic rings. The highest BCUT2D eigenvalue weighted by atomic mass is 16.1. The molecule has 0 aliphatic heterocycles. The van der Waals surface area contributed by atoms with E-state index in [1.807, 2.05) is 0 Å². The molecule has 2 rings (SSSR count). The third kappa shape index (κ3) is 0.715. The first-order valence-electron chi connectivity index (χ1n) is 4.45. The fourth-order valence-corrected chi connectivity index (χ4v) is 2.41. The standard InChI is InChI=1S/C11H14O/c1-7-10(12)8-5-4-6-9(8)11(7,2)3/h4,6,8-9H,1,5H2,2-3H3/t8-,9+/m0/s1. The molecule has 0 amide bonds. The van der Waals surface area contributed by atoms with E-state index in [0.29, 0.717) is 5.92 Å². The third-order valence-corrected chi connectivity index (χ3v) is 3.41. The predicted molar refractivity (Wildman–Crippen MR) is 48.7 cm³/mol. The van der Waals surface area contributed by atoms with Crippen molar-refractivity contribution in [2.75, 3.05) is 0 Å². The summed E-state index contributed by atoms with van der Waals surface area (Å²) in [6, 6.07) is 0.